The zero-order valence-electron chi connectivity index (χ0n) is 4.44. The fourth-order valence-electron chi connectivity index (χ4n) is 0.802. The van der Waals surface area contributed by atoms with Crippen molar-refractivity contribution in [3.8, 4) is 0 Å². The van der Waals surface area contributed by atoms with Gasteiger partial charge in [-0.25, -0.2) is 0 Å². The highest BCUT2D eigenvalue weighted by atomic mass is 127. The van der Waals surface area contributed by atoms with Crippen LogP contribution < -0.4 is 5.32 Å². The molecular formula is C5H12IN. The quantitative estimate of drug-likeness (QED) is 0.599. The van der Waals surface area contributed by atoms with Crippen LogP contribution in [0.2, 0.25) is 0 Å². The molecule has 1 saturated heterocycles. The molecule has 44 valence electrons. The molecule has 1 aliphatic heterocycles. The first kappa shape index (κ1) is 7.69. The molecule has 0 aliphatic carbocycles. The lowest BCUT2D eigenvalue weighted by Gasteiger charge is -2.08. The van der Waals surface area contributed by atoms with E-state index in [9.17, 15) is 0 Å². The number of hydrogen-bond acceptors (Lipinski definition) is 1. The van der Waals surface area contributed by atoms with Crippen molar-refractivity contribution < 1.29 is 0 Å². The van der Waals surface area contributed by atoms with Crippen molar-refractivity contribution in [2.75, 3.05) is 13.1 Å². The van der Waals surface area contributed by atoms with E-state index in [-0.39, 0.29) is 24.0 Å². The Morgan fingerprint density at radius 1 is 0.857 bits per heavy atom. The van der Waals surface area contributed by atoms with Crippen LogP contribution in [0.3, 0.4) is 0 Å². The van der Waals surface area contributed by atoms with E-state index in [0.29, 0.717) is 0 Å². The van der Waals surface area contributed by atoms with Gasteiger partial charge < -0.3 is 5.32 Å². The molecule has 1 N–H and O–H groups in total. The Kier molecular flexibility index (Phi) is 5.32. The Bertz CT molecular complexity index is 23.6. The van der Waals surface area contributed by atoms with Crippen molar-refractivity contribution in [2.24, 2.45) is 0 Å². The molecule has 0 aromatic carbocycles. The van der Waals surface area contributed by atoms with Crippen LogP contribution in [-0.4, -0.2) is 13.1 Å². The van der Waals surface area contributed by atoms with E-state index in [1.807, 2.05) is 0 Å². The van der Waals surface area contributed by atoms with Gasteiger partial charge in [0.1, 0.15) is 0 Å². The molecule has 0 bridgehead atoms. The Labute approximate surface area is 61.9 Å². The standard InChI is InChI=1S/C5H11N.HI/c1-2-4-6-5-3-1;/h6H,1-5H2;1H. The molecule has 0 unspecified atom stereocenters. The van der Waals surface area contributed by atoms with Gasteiger partial charge in [0.2, 0.25) is 0 Å². The normalized spacial score (nSPS) is 20.6. The molecule has 0 aromatic rings. The minimum absolute atomic E-state index is 0. The fourth-order valence-corrected chi connectivity index (χ4v) is 0.802. The number of halogens is 1. The fraction of sp³-hybridized carbons (Fsp3) is 1.00. The van der Waals surface area contributed by atoms with Crippen molar-refractivity contribution in [3.63, 3.8) is 0 Å². The third-order valence-corrected chi connectivity index (χ3v) is 1.21. The van der Waals surface area contributed by atoms with Gasteiger partial charge in [0.25, 0.3) is 0 Å². The summed E-state index contributed by atoms with van der Waals surface area (Å²) in [6.07, 6.45) is 4.22. The molecule has 2 heteroatoms. The second-order valence-corrected chi connectivity index (χ2v) is 1.81. The highest BCUT2D eigenvalue weighted by molar-refractivity contribution is 14.0. The molecular weight excluding hydrogens is 201 g/mol. The van der Waals surface area contributed by atoms with Gasteiger partial charge in [-0.3, -0.25) is 0 Å². The summed E-state index contributed by atoms with van der Waals surface area (Å²) in [5.41, 5.74) is 0. The van der Waals surface area contributed by atoms with E-state index in [1.165, 1.54) is 32.4 Å². The van der Waals surface area contributed by atoms with Gasteiger partial charge in [0.15, 0.2) is 0 Å². The maximum absolute atomic E-state index is 3.28. The van der Waals surface area contributed by atoms with Crippen LogP contribution in [0.1, 0.15) is 19.3 Å². The first-order chi connectivity index (χ1) is 3.00. The summed E-state index contributed by atoms with van der Waals surface area (Å²) >= 11 is 0. The van der Waals surface area contributed by atoms with E-state index in [1.54, 1.807) is 0 Å². The average Bonchev–Trinajstić information content (AvgIpc) is 1.72. The lowest BCUT2D eigenvalue weighted by atomic mass is 10.2. The second-order valence-electron chi connectivity index (χ2n) is 1.81. The predicted octanol–water partition coefficient (Wildman–Crippen LogP) is 1.38. The van der Waals surface area contributed by atoms with E-state index < -0.39 is 0 Å². The van der Waals surface area contributed by atoms with Crippen LogP contribution in [0, 0.1) is 0 Å². The Balaban J connectivity index is 0.000000360. The Morgan fingerprint density at radius 3 is 1.57 bits per heavy atom. The van der Waals surface area contributed by atoms with E-state index >= 15 is 0 Å². The maximum atomic E-state index is 3.28. The van der Waals surface area contributed by atoms with Crippen LogP contribution in [0.5, 0.6) is 0 Å². The third kappa shape index (κ3) is 3.29. The molecule has 1 heterocycles. The molecule has 0 amide bonds. The van der Waals surface area contributed by atoms with Crippen molar-refractivity contribution >= 4 is 24.0 Å². The summed E-state index contributed by atoms with van der Waals surface area (Å²) in [4.78, 5) is 0. The molecule has 1 rings (SSSR count). The molecule has 1 nitrogen and oxygen atoms in total. The van der Waals surface area contributed by atoms with Crippen LogP contribution in [-0.2, 0) is 0 Å². The van der Waals surface area contributed by atoms with Crippen molar-refractivity contribution in [2.45, 2.75) is 19.3 Å². The van der Waals surface area contributed by atoms with E-state index in [4.69, 9.17) is 0 Å². The molecule has 7 heavy (non-hydrogen) atoms. The van der Waals surface area contributed by atoms with Crippen molar-refractivity contribution in [3.05, 3.63) is 0 Å². The van der Waals surface area contributed by atoms with Crippen molar-refractivity contribution in [1.29, 1.82) is 0 Å². The largest absolute Gasteiger partial charge is 0.317 e. The smallest absolute Gasteiger partial charge is 0.00489 e. The first-order valence-electron chi connectivity index (χ1n) is 2.71. The van der Waals surface area contributed by atoms with Gasteiger partial charge in [-0.05, 0) is 25.9 Å². The zero-order chi connectivity index (χ0) is 4.24. The monoisotopic (exact) mass is 213 g/mol. The molecule has 1 fully saturated rings. The van der Waals surface area contributed by atoms with Gasteiger partial charge in [-0.15, -0.1) is 24.0 Å². The molecule has 0 atom stereocenters. The SMILES string of the molecule is C1CCNCC1.I. The van der Waals surface area contributed by atoms with Gasteiger partial charge in [-0.1, -0.05) is 6.42 Å². The minimum Gasteiger partial charge on any atom is -0.317 e. The summed E-state index contributed by atoms with van der Waals surface area (Å²) in [6.45, 7) is 2.50. The Morgan fingerprint density at radius 2 is 1.43 bits per heavy atom. The lowest BCUT2D eigenvalue weighted by molar-refractivity contribution is 0.520. The zero-order valence-corrected chi connectivity index (χ0v) is 6.77. The highest BCUT2D eigenvalue weighted by Gasteiger charge is 1.93. The second kappa shape index (κ2) is 4.84. The maximum Gasteiger partial charge on any atom is -0.00489 e. The summed E-state index contributed by atoms with van der Waals surface area (Å²) in [5.74, 6) is 0. The molecule has 0 saturated carbocycles. The van der Waals surface area contributed by atoms with Crippen LogP contribution in [0.4, 0.5) is 0 Å². The van der Waals surface area contributed by atoms with Crippen LogP contribution in [0.25, 0.3) is 0 Å². The van der Waals surface area contributed by atoms with E-state index in [0.717, 1.165) is 0 Å². The van der Waals surface area contributed by atoms with E-state index in [2.05, 4.69) is 5.32 Å². The van der Waals surface area contributed by atoms with Gasteiger partial charge in [0.05, 0.1) is 0 Å². The Hall–Kier alpha value is 0.690. The summed E-state index contributed by atoms with van der Waals surface area (Å²) in [7, 11) is 0. The molecule has 0 aromatic heterocycles. The summed E-state index contributed by atoms with van der Waals surface area (Å²) < 4.78 is 0. The summed E-state index contributed by atoms with van der Waals surface area (Å²) in [6, 6.07) is 0. The number of hydrogen-bond donors (Lipinski definition) is 1. The van der Waals surface area contributed by atoms with Gasteiger partial charge in [-0.2, -0.15) is 0 Å². The van der Waals surface area contributed by atoms with Crippen molar-refractivity contribution in [1.82, 2.24) is 5.32 Å². The topological polar surface area (TPSA) is 12.0 Å². The third-order valence-electron chi connectivity index (χ3n) is 1.21. The molecule has 1 aliphatic rings. The lowest BCUT2D eigenvalue weighted by Crippen LogP contribution is -2.21. The minimum atomic E-state index is 0. The summed E-state index contributed by atoms with van der Waals surface area (Å²) in [5, 5.41) is 3.28. The van der Waals surface area contributed by atoms with Crippen LogP contribution in [0.15, 0.2) is 0 Å². The van der Waals surface area contributed by atoms with Crippen LogP contribution >= 0.6 is 24.0 Å². The van der Waals surface area contributed by atoms with Gasteiger partial charge >= 0.3 is 0 Å². The molecule has 0 radical (unpaired) electrons. The number of nitrogens with one attached hydrogen (secondary N) is 1. The predicted molar refractivity (Wildman–Crippen MR) is 42.1 cm³/mol. The molecule has 0 spiro atoms. The number of rotatable bonds is 0. The first-order valence-corrected chi connectivity index (χ1v) is 2.71. The van der Waals surface area contributed by atoms with Gasteiger partial charge in [0, 0.05) is 0 Å². The average molecular weight is 213 g/mol. The number of piperidine rings is 1. The highest BCUT2D eigenvalue weighted by Crippen LogP contribution is 1.96.